The summed E-state index contributed by atoms with van der Waals surface area (Å²) in [7, 11) is -11.1. The molecule has 1 aliphatic heterocycles. The second kappa shape index (κ2) is 12.9. The minimum atomic E-state index is -5.60. The maximum Gasteiger partial charge on any atom is 0.483 e. The lowest BCUT2D eigenvalue weighted by atomic mass is 10.00. The molecule has 208 valence electrons. The van der Waals surface area contributed by atoms with Gasteiger partial charge in [0.15, 0.2) is 6.29 Å². The van der Waals surface area contributed by atoms with Gasteiger partial charge in [-0.15, -0.1) is 0 Å². The third-order valence-electron chi connectivity index (χ3n) is 4.63. The lowest BCUT2D eigenvalue weighted by Crippen LogP contribution is -2.58. The first-order chi connectivity index (χ1) is 16.7. The molecule has 0 bridgehead atoms. The van der Waals surface area contributed by atoms with E-state index in [0.29, 0.717) is 0 Å². The Morgan fingerprint density at radius 3 is 2.33 bits per heavy atom. The number of aliphatic hydroxyl groups is 6. The van der Waals surface area contributed by atoms with Crippen molar-refractivity contribution in [1.29, 1.82) is 0 Å². The number of H-pyrrole nitrogens is 1. The molecule has 0 radical (unpaired) electrons. The number of hydrogen-bond donors (Lipinski definition) is 9. The first-order valence-corrected chi connectivity index (χ1v) is 12.9. The summed E-state index contributed by atoms with van der Waals surface area (Å²) in [6, 6.07) is 0.975. The van der Waals surface area contributed by atoms with Crippen LogP contribution in [0.2, 0.25) is 0 Å². The van der Waals surface area contributed by atoms with Gasteiger partial charge in [0, 0.05) is 12.3 Å². The van der Waals surface area contributed by atoms with Gasteiger partial charge in [-0.2, -0.15) is 4.31 Å². The molecule has 6 unspecified atom stereocenters. The molecule has 0 amide bonds. The molecular weight excluding hydrogens is 542 g/mol. The molecule has 0 aromatic carbocycles. The third kappa shape index (κ3) is 8.59. The Balaban J connectivity index is 2.01. The van der Waals surface area contributed by atoms with E-state index in [2.05, 4.69) is 13.4 Å². The van der Waals surface area contributed by atoms with Crippen molar-refractivity contribution in [3.63, 3.8) is 0 Å². The standard InChI is InChI=1S/C15H26N2O17P2/c18-3-7(20)9(30-6-17-2-1-10(21)16-15(17)25)5-31-35(26,27)34-36(28,29)33-14-13(24)12(23)11(22)8(4-19)32-14/h1-2,7-9,11-14,18-20,22-24H,3-6H2,(H,26,27)(H,28,29)(H,16,21,25)/t7?,8?,9-,11-,12?,13?,14-/m1/s1. The normalized spacial score (nSPS) is 29.7. The Kier molecular flexibility index (Phi) is 11.1. The summed E-state index contributed by atoms with van der Waals surface area (Å²) >= 11 is 0. The number of phosphoric acid groups is 2. The summed E-state index contributed by atoms with van der Waals surface area (Å²) in [5.41, 5.74) is -1.60. The van der Waals surface area contributed by atoms with Crippen molar-refractivity contribution in [2.45, 2.75) is 49.6 Å². The second-order valence-corrected chi connectivity index (χ2v) is 10.3. The summed E-state index contributed by atoms with van der Waals surface area (Å²) < 4.78 is 48.0. The van der Waals surface area contributed by atoms with E-state index in [1.165, 1.54) is 0 Å². The number of nitrogens with zero attached hydrogens (tertiary/aromatic N) is 1. The highest BCUT2D eigenvalue weighted by Gasteiger charge is 2.48. The molecule has 1 saturated heterocycles. The molecule has 1 fully saturated rings. The van der Waals surface area contributed by atoms with Crippen molar-refractivity contribution in [2.24, 2.45) is 0 Å². The molecule has 9 N–H and O–H groups in total. The number of rotatable bonds is 13. The topological polar surface area (TPSA) is 297 Å². The fourth-order valence-electron chi connectivity index (χ4n) is 2.74. The molecule has 2 rings (SSSR count). The smallest absolute Gasteiger partial charge is 0.394 e. The molecule has 21 heteroatoms. The van der Waals surface area contributed by atoms with Crippen molar-refractivity contribution < 1.29 is 72.4 Å². The summed E-state index contributed by atoms with van der Waals surface area (Å²) in [4.78, 5) is 44.2. The van der Waals surface area contributed by atoms with Gasteiger partial charge in [-0.1, -0.05) is 0 Å². The number of aliphatic hydroxyl groups excluding tert-OH is 6. The van der Waals surface area contributed by atoms with Gasteiger partial charge in [-0.25, -0.2) is 13.9 Å². The highest BCUT2D eigenvalue weighted by molar-refractivity contribution is 7.61. The van der Waals surface area contributed by atoms with Crippen LogP contribution in [-0.2, 0) is 38.7 Å². The predicted octanol–water partition coefficient (Wildman–Crippen LogP) is -4.72. The van der Waals surface area contributed by atoms with Gasteiger partial charge >= 0.3 is 21.3 Å². The maximum atomic E-state index is 12.2. The number of nitrogens with one attached hydrogen (secondary N) is 1. The van der Waals surface area contributed by atoms with E-state index in [0.717, 1.165) is 16.8 Å². The van der Waals surface area contributed by atoms with Gasteiger partial charge in [0.2, 0.25) is 0 Å². The van der Waals surface area contributed by atoms with Gasteiger partial charge in [0.05, 0.1) is 19.8 Å². The molecule has 1 aliphatic rings. The zero-order valence-corrected chi connectivity index (χ0v) is 19.9. The van der Waals surface area contributed by atoms with E-state index in [-0.39, 0.29) is 0 Å². The molecular formula is C15H26N2O17P2. The van der Waals surface area contributed by atoms with Gasteiger partial charge < -0.3 is 49.9 Å². The Morgan fingerprint density at radius 1 is 1.08 bits per heavy atom. The first-order valence-electron chi connectivity index (χ1n) is 9.90. The van der Waals surface area contributed by atoms with Crippen molar-refractivity contribution in [3.05, 3.63) is 33.1 Å². The number of aromatic amines is 1. The number of phosphoric ester groups is 2. The quantitative estimate of drug-likeness (QED) is 0.101. The lowest BCUT2D eigenvalue weighted by Gasteiger charge is -2.39. The second-order valence-electron chi connectivity index (χ2n) is 7.28. The molecule has 0 aliphatic carbocycles. The zero-order valence-electron chi connectivity index (χ0n) is 18.1. The van der Waals surface area contributed by atoms with Crippen molar-refractivity contribution >= 4 is 15.6 Å². The van der Waals surface area contributed by atoms with E-state index >= 15 is 0 Å². The van der Waals surface area contributed by atoms with Crippen LogP contribution >= 0.6 is 15.6 Å². The number of ether oxygens (including phenoxy) is 2. The van der Waals surface area contributed by atoms with Gasteiger partial charge in [-0.3, -0.25) is 23.4 Å². The van der Waals surface area contributed by atoms with Crippen LogP contribution in [0.25, 0.3) is 0 Å². The Bertz CT molecular complexity index is 1060. The lowest BCUT2D eigenvalue weighted by molar-refractivity contribution is -0.280. The van der Waals surface area contributed by atoms with Crippen LogP contribution in [-0.4, -0.2) is 113 Å². The minimum Gasteiger partial charge on any atom is -0.394 e. The summed E-state index contributed by atoms with van der Waals surface area (Å²) in [6.07, 6.45) is -12.0. The van der Waals surface area contributed by atoms with Crippen molar-refractivity contribution in [1.82, 2.24) is 9.55 Å². The van der Waals surface area contributed by atoms with Crippen molar-refractivity contribution in [3.8, 4) is 0 Å². The van der Waals surface area contributed by atoms with Crippen LogP contribution in [0.15, 0.2) is 21.9 Å². The highest BCUT2D eigenvalue weighted by atomic mass is 31.3. The molecule has 1 aromatic heterocycles. The molecule has 9 atom stereocenters. The molecule has 2 heterocycles. The zero-order chi connectivity index (χ0) is 27.3. The minimum absolute atomic E-state index is 0.629. The van der Waals surface area contributed by atoms with Crippen LogP contribution in [0.1, 0.15) is 0 Å². The summed E-state index contributed by atoms with van der Waals surface area (Å²) in [6.45, 7) is -3.52. The predicted molar refractivity (Wildman–Crippen MR) is 111 cm³/mol. The number of hydrogen-bond acceptors (Lipinski definition) is 15. The van der Waals surface area contributed by atoms with E-state index in [9.17, 15) is 48.9 Å². The fraction of sp³-hybridized carbons (Fsp3) is 0.733. The van der Waals surface area contributed by atoms with Crippen LogP contribution in [0, 0.1) is 0 Å². The number of aromatic nitrogens is 2. The average Bonchev–Trinajstić information content (AvgIpc) is 2.79. The van der Waals surface area contributed by atoms with E-state index in [4.69, 9.17) is 19.7 Å². The van der Waals surface area contributed by atoms with E-state index in [1.807, 2.05) is 4.98 Å². The van der Waals surface area contributed by atoms with Crippen molar-refractivity contribution in [2.75, 3.05) is 19.8 Å². The fourth-order valence-corrected chi connectivity index (χ4v) is 4.89. The van der Waals surface area contributed by atoms with Crippen LogP contribution in [0.5, 0.6) is 0 Å². The van der Waals surface area contributed by atoms with Crippen LogP contribution < -0.4 is 11.2 Å². The Morgan fingerprint density at radius 2 is 1.75 bits per heavy atom. The summed E-state index contributed by atoms with van der Waals surface area (Å²) in [5, 5.41) is 57.3. The molecule has 0 spiro atoms. The molecule has 0 saturated carbocycles. The summed E-state index contributed by atoms with van der Waals surface area (Å²) in [5.74, 6) is 0. The van der Waals surface area contributed by atoms with Crippen LogP contribution in [0.4, 0.5) is 0 Å². The monoisotopic (exact) mass is 568 g/mol. The van der Waals surface area contributed by atoms with Crippen LogP contribution in [0.3, 0.4) is 0 Å². The maximum absolute atomic E-state index is 12.2. The Labute approximate surface area is 200 Å². The molecule has 1 aromatic rings. The average molecular weight is 568 g/mol. The molecule has 36 heavy (non-hydrogen) atoms. The highest BCUT2D eigenvalue weighted by Crippen LogP contribution is 2.61. The SMILES string of the molecule is O=c1ccn(CO[C@H](COP(=O)(O)OP(=O)(O)O[C@H]2OC(CO)[C@@H](O)C(O)C2O)C(O)CO)c(=O)[nH]1. The van der Waals surface area contributed by atoms with Gasteiger partial charge in [0.25, 0.3) is 5.56 Å². The third-order valence-corrected chi connectivity index (χ3v) is 7.24. The Hall–Kier alpha value is -1.38. The van der Waals surface area contributed by atoms with Gasteiger partial charge in [0.1, 0.15) is 43.4 Å². The van der Waals surface area contributed by atoms with E-state index in [1.54, 1.807) is 0 Å². The van der Waals surface area contributed by atoms with Gasteiger partial charge in [-0.05, 0) is 0 Å². The van der Waals surface area contributed by atoms with E-state index < -0.39 is 96.4 Å². The first kappa shape index (κ1) is 30.8. The largest absolute Gasteiger partial charge is 0.483 e. The molecule has 19 nitrogen and oxygen atoms in total.